The molecule has 10 heteroatoms. The van der Waals surface area contributed by atoms with Crippen LogP contribution in [0.4, 0.5) is 0 Å². The van der Waals surface area contributed by atoms with Crippen molar-refractivity contribution in [1.29, 1.82) is 0 Å². The van der Waals surface area contributed by atoms with E-state index >= 15 is 0 Å². The quantitative estimate of drug-likeness (QED) is 0.440. The molecule has 2 aliphatic carbocycles. The normalized spacial score (nSPS) is 22.7. The molecule has 1 aromatic carbocycles. The van der Waals surface area contributed by atoms with Crippen LogP contribution in [-0.4, -0.2) is 60.5 Å². The Balaban J connectivity index is 1.15. The summed E-state index contributed by atoms with van der Waals surface area (Å²) in [5, 5.41) is 22.3. The number of thiazole rings is 1. The molecular formula is C29H36N6O3S. The summed E-state index contributed by atoms with van der Waals surface area (Å²) in [6.07, 6.45) is 8.97. The maximum atomic E-state index is 14.1. The Morgan fingerprint density at radius 3 is 2.59 bits per heavy atom. The summed E-state index contributed by atoms with van der Waals surface area (Å²) >= 11 is 1.61. The summed E-state index contributed by atoms with van der Waals surface area (Å²) in [7, 11) is 0. The third-order valence-corrected chi connectivity index (χ3v) is 9.43. The molecule has 6 rings (SSSR count). The Morgan fingerprint density at radius 1 is 1.13 bits per heavy atom. The fourth-order valence-corrected chi connectivity index (χ4v) is 6.92. The van der Waals surface area contributed by atoms with E-state index in [-0.39, 0.29) is 30.7 Å². The zero-order valence-corrected chi connectivity index (χ0v) is 23.1. The van der Waals surface area contributed by atoms with E-state index < -0.39 is 18.2 Å². The fourth-order valence-electron chi connectivity index (χ4n) is 6.11. The van der Waals surface area contributed by atoms with Crippen LogP contribution in [-0.2, 0) is 16.1 Å². The van der Waals surface area contributed by atoms with Crippen LogP contribution in [0.25, 0.3) is 10.4 Å². The number of carbonyl (C=O) groups is 2. The number of likely N-dealkylation sites (tertiary alicyclic amines) is 1. The van der Waals surface area contributed by atoms with E-state index in [9.17, 15) is 14.7 Å². The van der Waals surface area contributed by atoms with Crippen molar-refractivity contribution >= 4 is 23.2 Å². The van der Waals surface area contributed by atoms with Gasteiger partial charge in [-0.3, -0.25) is 9.59 Å². The van der Waals surface area contributed by atoms with Crippen LogP contribution < -0.4 is 5.32 Å². The number of nitrogens with one attached hydrogen (secondary N) is 1. The van der Waals surface area contributed by atoms with Crippen molar-refractivity contribution in [3.63, 3.8) is 0 Å². The summed E-state index contributed by atoms with van der Waals surface area (Å²) in [6, 6.07) is 6.89. The third kappa shape index (κ3) is 5.63. The lowest BCUT2D eigenvalue weighted by atomic mass is 9.83. The second kappa shape index (κ2) is 11.2. The second-order valence-electron chi connectivity index (χ2n) is 11.3. The number of aromatic nitrogens is 4. The molecule has 0 radical (unpaired) electrons. The van der Waals surface area contributed by atoms with Crippen molar-refractivity contribution in [2.75, 3.05) is 6.54 Å². The van der Waals surface area contributed by atoms with E-state index in [0.717, 1.165) is 65.9 Å². The molecular weight excluding hydrogens is 512 g/mol. The second-order valence-corrected chi connectivity index (χ2v) is 12.2. The Hall–Kier alpha value is -3.11. The number of amides is 2. The number of hydrogen-bond acceptors (Lipinski definition) is 7. The molecule has 3 heterocycles. The number of benzene rings is 1. The van der Waals surface area contributed by atoms with Gasteiger partial charge < -0.3 is 15.3 Å². The lowest BCUT2D eigenvalue weighted by Crippen LogP contribution is -2.49. The first-order chi connectivity index (χ1) is 19.0. The minimum absolute atomic E-state index is 0.130. The SMILES string of the molecule is Cc1ncsc1-c1ccc(CNC(=O)C2CC(O)CN2C(=O)C(C2CCCCC2)n2cc(C3CC3)nn2)cc1. The van der Waals surface area contributed by atoms with Crippen LogP contribution in [0.5, 0.6) is 0 Å². The number of β-amino-alcohol motifs (C(OH)–C–C–N with tert-alkyl or cyclic N) is 1. The minimum Gasteiger partial charge on any atom is -0.391 e. The van der Waals surface area contributed by atoms with Crippen LogP contribution in [0.2, 0.25) is 0 Å². The molecule has 206 valence electrons. The molecule has 9 nitrogen and oxygen atoms in total. The predicted octanol–water partition coefficient (Wildman–Crippen LogP) is 3.99. The van der Waals surface area contributed by atoms with E-state index in [0.29, 0.717) is 12.5 Å². The zero-order valence-electron chi connectivity index (χ0n) is 22.3. The topological polar surface area (TPSA) is 113 Å². The Kier molecular flexibility index (Phi) is 7.49. The maximum absolute atomic E-state index is 14.1. The van der Waals surface area contributed by atoms with Gasteiger partial charge in [-0.2, -0.15) is 0 Å². The third-order valence-electron chi connectivity index (χ3n) is 8.45. The van der Waals surface area contributed by atoms with Gasteiger partial charge in [0, 0.05) is 31.6 Å². The summed E-state index contributed by atoms with van der Waals surface area (Å²) in [5.41, 5.74) is 5.88. The first kappa shape index (κ1) is 26.1. The lowest BCUT2D eigenvalue weighted by molar-refractivity contribution is -0.143. The highest BCUT2D eigenvalue weighted by Crippen LogP contribution is 2.40. The average Bonchev–Trinajstić information content (AvgIpc) is 3.32. The van der Waals surface area contributed by atoms with E-state index in [4.69, 9.17) is 0 Å². The van der Waals surface area contributed by atoms with Crippen molar-refractivity contribution in [3.05, 3.63) is 52.9 Å². The number of aliphatic hydroxyl groups excluding tert-OH is 1. The Morgan fingerprint density at radius 2 is 1.90 bits per heavy atom. The predicted molar refractivity (Wildman–Crippen MR) is 148 cm³/mol. The van der Waals surface area contributed by atoms with E-state index in [1.54, 1.807) is 20.9 Å². The fraction of sp³-hybridized carbons (Fsp3) is 0.552. The largest absolute Gasteiger partial charge is 0.391 e. The van der Waals surface area contributed by atoms with Gasteiger partial charge in [-0.25, -0.2) is 9.67 Å². The van der Waals surface area contributed by atoms with Gasteiger partial charge in [0.15, 0.2) is 0 Å². The Labute approximate surface area is 232 Å². The van der Waals surface area contributed by atoms with Crippen molar-refractivity contribution in [1.82, 2.24) is 30.2 Å². The first-order valence-electron chi connectivity index (χ1n) is 14.2. The van der Waals surface area contributed by atoms with Gasteiger partial charge in [0.2, 0.25) is 11.8 Å². The molecule has 3 fully saturated rings. The highest BCUT2D eigenvalue weighted by molar-refractivity contribution is 7.13. The lowest BCUT2D eigenvalue weighted by Gasteiger charge is -2.33. The number of aliphatic hydroxyl groups is 1. The van der Waals surface area contributed by atoms with Gasteiger partial charge in [-0.1, -0.05) is 48.7 Å². The van der Waals surface area contributed by atoms with Gasteiger partial charge in [0.05, 0.1) is 27.9 Å². The van der Waals surface area contributed by atoms with E-state index in [1.165, 1.54) is 6.42 Å². The molecule has 39 heavy (non-hydrogen) atoms. The summed E-state index contributed by atoms with van der Waals surface area (Å²) in [5.74, 6) is 0.243. The first-order valence-corrected chi connectivity index (χ1v) is 15.0. The molecule has 0 spiro atoms. The summed E-state index contributed by atoms with van der Waals surface area (Å²) < 4.78 is 1.75. The molecule has 3 atom stereocenters. The average molecular weight is 549 g/mol. The van der Waals surface area contributed by atoms with Gasteiger partial charge in [-0.05, 0) is 49.7 Å². The van der Waals surface area contributed by atoms with Crippen LogP contribution in [0.1, 0.15) is 80.3 Å². The van der Waals surface area contributed by atoms with Crippen LogP contribution in [0.3, 0.4) is 0 Å². The molecule has 2 amide bonds. The van der Waals surface area contributed by atoms with Crippen molar-refractivity contribution < 1.29 is 14.7 Å². The summed E-state index contributed by atoms with van der Waals surface area (Å²) in [6.45, 7) is 2.51. The van der Waals surface area contributed by atoms with Gasteiger partial charge >= 0.3 is 0 Å². The van der Waals surface area contributed by atoms with Crippen LogP contribution >= 0.6 is 11.3 Å². The number of nitrogens with zero attached hydrogens (tertiary/aromatic N) is 5. The Bertz CT molecular complexity index is 1310. The summed E-state index contributed by atoms with van der Waals surface area (Å²) in [4.78, 5) is 34.5. The molecule has 3 unspecified atom stereocenters. The minimum atomic E-state index is -0.726. The zero-order chi connectivity index (χ0) is 26.9. The monoisotopic (exact) mass is 548 g/mol. The molecule has 3 aliphatic rings. The number of carbonyl (C=O) groups excluding carboxylic acids is 2. The van der Waals surface area contributed by atoms with Crippen molar-refractivity contribution in [2.24, 2.45) is 5.92 Å². The molecule has 1 saturated heterocycles. The molecule has 2 N–H and O–H groups in total. The molecule has 0 bridgehead atoms. The van der Waals surface area contributed by atoms with E-state index in [2.05, 4.69) is 20.6 Å². The number of aryl methyl sites for hydroxylation is 1. The smallest absolute Gasteiger partial charge is 0.248 e. The molecule has 3 aromatic rings. The standard InChI is InChI=1S/C29H36N6O3S/c1-18-27(39-17-31-18)22-9-7-19(8-10-22)14-30-28(37)25-13-23(36)15-34(25)29(38)26(21-5-3-2-4-6-21)35-16-24(32-33-35)20-11-12-20/h7-10,16-17,20-21,23,25-26,36H,2-6,11-15H2,1H3,(H,30,37). The van der Waals surface area contributed by atoms with Crippen molar-refractivity contribution in [2.45, 2.75) is 88.9 Å². The highest BCUT2D eigenvalue weighted by Gasteiger charge is 2.44. The highest BCUT2D eigenvalue weighted by atomic mass is 32.1. The van der Waals surface area contributed by atoms with Crippen LogP contribution in [0.15, 0.2) is 36.0 Å². The van der Waals surface area contributed by atoms with E-state index in [1.807, 2.05) is 42.9 Å². The number of rotatable bonds is 8. The van der Waals surface area contributed by atoms with Crippen LogP contribution in [0, 0.1) is 12.8 Å². The van der Waals surface area contributed by atoms with Gasteiger partial charge in [-0.15, -0.1) is 16.4 Å². The molecule has 1 aliphatic heterocycles. The molecule has 2 saturated carbocycles. The molecule has 2 aromatic heterocycles. The van der Waals surface area contributed by atoms with Gasteiger partial charge in [0.1, 0.15) is 12.1 Å². The number of hydrogen-bond donors (Lipinski definition) is 2. The maximum Gasteiger partial charge on any atom is 0.248 e. The van der Waals surface area contributed by atoms with Gasteiger partial charge in [0.25, 0.3) is 0 Å². The van der Waals surface area contributed by atoms with Crippen molar-refractivity contribution in [3.8, 4) is 10.4 Å².